The maximum absolute atomic E-state index is 14.4. The van der Waals surface area contributed by atoms with Crippen LogP contribution in [0.1, 0.15) is 62.2 Å². The van der Waals surface area contributed by atoms with Gasteiger partial charge >= 0.3 is 0 Å². The zero-order valence-corrected chi connectivity index (χ0v) is 14.6. The molecule has 3 heteroatoms. The van der Waals surface area contributed by atoms with Crippen LogP contribution in [0.15, 0.2) is 36.4 Å². The van der Waals surface area contributed by atoms with Gasteiger partial charge in [-0.05, 0) is 48.6 Å². The van der Waals surface area contributed by atoms with Gasteiger partial charge in [-0.2, -0.15) is 0 Å². The van der Waals surface area contributed by atoms with E-state index in [1.807, 2.05) is 12.1 Å². The van der Waals surface area contributed by atoms with Crippen LogP contribution in [0.4, 0.5) is 8.78 Å². The van der Waals surface area contributed by atoms with Crippen molar-refractivity contribution in [1.29, 1.82) is 0 Å². The van der Waals surface area contributed by atoms with Crippen LogP contribution in [-0.2, 0) is 4.74 Å². The van der Waals surface area contributed by atoms with Crippen molar-refractivity contribution in [3.05, 3.63) is 59.2 Å². The Kier molecular flexibility index (Phi) is 4.60. The fourth-order valence-corrected chi connectivity index (χ4v) is 4.10. The highest BCUT2D eigenvalue weighted by Gasteiger charge is 2.30. The van der Waals surface area contributed by atoms with Gasteiger partial charge in [0.25, 0.3) is 0 Å². The second-order valence-electron chi connectivity index (χ2n) is 7.40. The Morgan fingerprint density at radius 2 is 1.60 bits per heavy atom. The van der Waals surface area contributed by atoms with Gasteiger partial charge in [0.1, 0.15) is 6.10 Å². The van der Waals surface area contributed by atoms with Crippen LogP contribution >= 0.6 is 0 Å². The normalized spacial score (nSPS) is 25.8. The molecular formula is C22H24F2O. The Morgan fingerprint density at radius 3 is 2.20 bits per heavy atom. The van der Waals surface area contributed by atoms with Crippen LogP contribution in [0.5, 0.6) is 0 Å². The zero-order valence-electron chi connectivity index (χ0n) is 14.6. The fourth-order valence-electron chi connectivity index (χ4n) is 4.10. The van der Waals surface area contributed by atoms with E-state index in [0.29, 0.717) is 23.7 Å². The Balaban J connectivity index is 1.53. The summed E-state index contributed by atoms with van der Waals surface area (Å²) in [6.07, 6.45) is 6.07. The summed E-state index contributed by atoms with van der Waals surface area (Å²) in [7, 11) is 0. The molecule has 1 aliphatic carbocycles. The number of ether oxygens (including phenoxy) is 1. The molecule has 2 fully saturated rings. The molecule has 1 saturated carbocycles. The van der Waals surface area contributed by atoms with Crippen molar-refractivity contribution in [2.75, 3.05) is 6.61 Å². The first-order chi connectivity index (χ1) is 12.2. The second-order valence-corrected chi connectivity index (χ2v) is 7.40. The van der Waals surface area contributed by atoms with Gasteiger partial charge < -0.3 is 4.74 Å². The molecule has 1 nitrogen and oxygen atoms in total. The molecule has 0 amide bonds. The molecule has 4 rings (SSSR count). The Morgan fingerprint density at radius 1 is 0.920 bits per heavy atom. The van der Waals surface area contributed by atoms with Crippen LogP contribution in [0, 0.1) is 17.6 Å². The highest BCUT2D eigenvalue weighted by Crippen LogP contribution is 2.38. The van der Waals surface area contributed by atoms with Gasteiger partial charge in [-0.15, -0.1) is 0 Å². The molecule has 2 aromatic carbocycles. The molecule has 1 unspecified atom stereocenters. The molecule has 1 saturated heterocycles. The lowest BCUT2D eigenvalue weighted by Crippen LogP contribution is -2.12. The molecule has 132 valence electrons. The summed E-state index contributed by atoms with van der Waals surface area (Å²) in [6.45, 7) is 2.75. The molecule has 1 aliphatic heterocycles. The third kappa shape index (κ3) is 3.35. The van der Waals surface area contributed by atoms with Crippen LogP contribution < -0.4 is 0 Å². The van der Waals surface area contributed by atoms with E-state index in [4.69, 9.17) is 4.74 Å². The second kappa shape index (κ2) is 6.87. The van der Waals surface area contributed by atoms with Gasteiger partial charge in [-0.25, -0.2) is 8.78 Å². The topological polar surface area (TPSA) is 12.5 Å². The Bertz CT molecular complexity index is 741. The summed E-state index contributed by atoms with van der Waals surface area (Å²) in [5.41, 5.74) is 2.70. The van der Waals surface area contributed by atoms with Crippen LogP contribution in [-0.4, -0.2) is 6.61 Å². The van der Waals surface area contributed by atoms with E-state index < -0.39 is 11.6 Å². The molecular weight excluding hydrogens is 318 g/mol. The third-order valence-electron chi connectivity index (χ3n) is 5.91. The number of rotatable bonds is 4. The van der Waals surface area contributed by atoms with E-state index in [1.54, 1.807) is 12.1 Å². The van der Waals surface area contributed by atoms with E-state index in [9.17, 15) is 8.78 Å². The van der Waals surface area contributed by atoms with E-state index in [1.165, 1.54) is 37.7 Å². The van der Waals surface area contributed by atoms with Crippen LogP contribution in [0.2, 0.25) is 0 Å². The lowest BCUT2D eigenvalue weighted by molar-refractivity contribution is 0.319. The Hall–Kier alpha value is -1.74. The Labute approximate surface area is 148 Å². The first-order valence-corrected chi connectivity index (χ1v) is 9.37. The summed E-state index contributed by atoms with van der Waals surface area (Å²) in [4.78, 5) is 0. The number of epoxide rings is 1. The van der Waals surface area contributed by atoms with Crippen molar-refractivity contribution < 1.29 is 13.5 Å². The fraction of sp³-hybridized carbons (Fsp3) is 0.455. The minimum absolute atomic E-state index is 0.274. The summed E-state index contributed by atoms with van der Waals surface area (Å²) in [5.74, 6) is -0.0689. The molecule has 1 atom stereocenters. The zero-order chi connectivity index (χ0) is 17.4. The van der Waals surface area contributed by atoms with E-state index in [2.05, 4.69) is 19.1 Å². The van der Waals surface area contributed by atoms with E-state index in [-0.39, 0.29) is 6.10 Å². The van der Waals surface area contributed by atoms with Gasteiger partial charge in [-0.3, -0.25) is 0 Å². The number of hydrogen-bond donors (Lipinski definition) is 0. The number of halogens is 2. The first-order valence-electron chi connectivity index (χ1n) is 9.37. The minimum Gasteiger partial charge on any atom is -0.368 e. The maximum Gasteiger partial charge on any atom is 0.167 e. The average Bonchev–Trinajstić information content (AvgIpc) is 3.49. The molecule has 0 aromatic heterocycles. The van der Waals surface area contributed by atoms with Gasteiger partial charge in [-0.1, -0.05) is 49.7 Å². The van der Waals surface area contributed by atoms with Crippen molar-refractivity contribution in [3.8, 4) is 11.1 Å². The predicted octanol–water partition coefficient (Wildman–Crippen LogP) is 6.39. The molecule has 2 aromatic rings. The first kappa shape index (κ1) is 16.7. The van der Waals surface area contributed by atoms with Crippen molar-refractivity contribution in [2.45, 2.75) is 51.0 Å². The lowest BCUT2D eigenvalue weighted by Gasteiger charge is -2.28. The van der Waals surface area contributed by atoms with E-state index in [0.717, 1.165) is 11.5 Å². The molecule has 0 spiro atoms. The average molecular weight is 342 g/mol. The van der Waals surface area contributed by atoms with Crippen molar-refractivity contribution in [2.24, 2.45) is 5.92 Å². The molecule has 2 aliphatic rings. The minimum atomic E-state index is -0.776. The summed E-state index contributed by atoms with van der Waals surface area (Å²) in [6, 6.07) is 11.3. The third-order valence-corrected chi connectivity index (χ3v) is 5.91. The van der Waals surface area contributed by atoms with Gasteiger partial charge in [0, 0.05) is 11.1 Å². The van der Waals surface area contributed by atoms with Crippen molar-refractivity contribution >= 4 is 0 Å². The molecule has 0 bridgehead atoms. The quantitative estimate of drug-likeness (QED) is 0.587. The smallest absolute Gasteiger partial charge is 0.167 e. The summed E-state index contributed by atoms with van der Waals surface area (Å²) in [5, 5.41) is 0. The van der Waals surface area contributed by atoms with Crippen molar-refractivity contribution in [1.82, 2.24) is 0 Å². The predicted molar refractivity (Wildman–Crippen MR) is 95.5 cm³/mol. The van der Waals surface area contributed by atoms with Gasteiger partial charge in [0.15, 0.2) is 11.6 Å². The SMILES string of the molecule is CCC1CCC(c2ccc(-c3ccc(C4CO4)c(F)c3F)cc2)CC1. The molecule has 0 radical (unpaired) electrons. The van der Waals surface area contributed by atoms with Gasteiger partial charge in [0.05, 0.1) is 6.61 Å². The highest BCUT2D eigenvalue weighted by molar-refractivity contribution is 5.65. The van der Waals surface area contributed by atoms with Gasteiger partial charge in [0.2, 0.25) is 0 Å². The molecule has 0 N–H and O–H groups in total. The maximum atomic E-state index is 14.4. The molecule has 25 heavy (non-hydrogen) atoms. The number of benzene rings is 2. The van der Waals surface area contributed by atoms with Crippen LogP contribution in [0.25, 0.3) is 11.1 Å². The number of hydrogen-bond acceptors (Lipinski definition) is 1. The van der Waals surface area contributed by atoms with Crippen LogP contribution in [0.3, 0.4) is 0 Å². The molecule has 1 heterocycles. The van der Waals surface area contributed by atoms with E-state index >= 15 is 0 Å². The summed E-state index contributed by atoms with van der Waals surface area (Å²) < 4.78 is 33.7. The lowest BCUT2D eigenvalue weighted by atomic mass is 9.77. The largest absolute Gasteiger partial charge is 0.368 e. The monoisotopic (exact) mass is 342 g/mol. The summed E-state index contributed by atoms with van der Waals surface area (Å²) >= 11 is 0. The standard InChI is InChI=1S/C22H24F2O/c1-2-14-3-5-15(6-4-14)16-7-9-17(10-8-16)18-11-12-19(20-13-25-20)22(24)21(18)23/h7-12,14-15,20H,2-6,13H2,1H3. The highest BCUT2D eigenvalue weighted by atomic mass is 19.2. The van der Waals surface area contributed by atoms with Crippen molar-refractivity contribution in [3.63, 3.8) is 0 Å².